The minimum absolute atomic E-state index is 0.0746. The molecule has 2 aromatic rings. The standard InChI is InChI=1S/C10H5ClN2O/c11-8-2-1-3-9-7(8)4-6(5-12)10(14)13-9/h1-4H,(H,13,14). The Morgan fingerprint density at radius 3 is 2.93 bits per heavy atom. The molecule has 0 spiro atoms. The van der Waals surface area contributed by atoms with Crippen molar-refractivity contribution in [2.24, 2.45) is 0 Å². The Bertz CT molecular complexity index is 595. The van der Waals surface area contributed by atoms with Crippen LogP contribution in [0.1, 0.15) is 5.56 Å². The first-order valence-corrected chi connectivity index (χ1v) is 4.32. The van der Waals surface area contributed by atoms with Crippen LogP contribution in [0.25, 0.3) is 10.9 Å². The van der Waals surface area contributed by atoms with Crippen molar-refractivity contribution in [3.63, 3.8) is 0 Å². The molecule has 3 nitrogen and oxygen atoms in total. The Hall–Kier alpha value is -1.79. The molecule has 0 aliphatic heterocycles. The molecule has 1 aromatic carbocycles. The average Bonchev–Trinajstić information content (AvgIpc) is 2.17. The van der Waals surface area contributed by atoms with Crippen LogP contribution in [0.15, 0.2) is 29.1 Å². The van der Waals surface area contributed by atoms with Crippen molar-refractivity contribution in [1.29, 1.82) is 5.26 Å². The number of nitriles is 1. The van der Waals surface area contributed by atoms with Crippen molar-refractivity contribution in [2.75, 3.05) is 0 Å². The lowest BCUT2D eigenvalue weighted by molar-refractivity contribution is 1.27. The third kappa shape index (κ3) is 1.26. The first kappa shape index (κ1) is 8.79. The second-order valence-corrected chi connectivity index (χ2v) is 3.23. The van der Waals surface area contributed by atoms with Gasteiger partial charge in [-0.2, -0.15) is 5.26 Å². The van der Waals surface area contributed by atoms with Gasteiger partial charge >= 0.3 is 0 Å². The van der Waals surface area contributed by atoms with Gasteiger partial charge in [-0.05, 0) is 18.2 Å². The number of rotatable bonds is 0. The molecule has 0 saturated carbocycles. The van der Waals surface area contributed by atoms with E-state index in [-0.39, 0.29) is 11.1 Å². The van der Waals surface area contributed by atoms with Gasteiger partial charge in [-0.1, -0.05) is 17.7 Å². The molecule has 1 heterocycles. The Labute approximate surface area is 84.6 Å². The first-order chi connectivity index (χ1) is 6.72. The van der Waals surface area contributed by atoms with E-state index in [2.05, 4.69) is 4.98 Å². The summed E-state index contributed by atoms with van der Waals surface area (Å²) in [7, 11) is 0. The third-order valence-electron chi connectivity index (χ3n) is 1.95. The first-order valence-electron chi connectivity index (χ1n) is 3.94. The summed E-state index contributed by atoms with van der Waals surface area (Å²) < 4.78 is 0. The molecule has 2 rings (SSSR count). The molecule has 0 saturated heterocycles. The van der Waals surface area contributed by atoms with E-state index in [0.29, 0.717) is 15.9 Å². The fraction of sp³-hybridized carbons (Fsp3) is 0. The number of halogens is 1. The van der Waals surface area contributed by atoms with Crippen LogP contribution in [0.5, 0.6) is 0 Å². The molecule has 0 amide bonds. The van der Waals surface area contributed by atoms with Gasteiger partial charge in [0.25, 0.3) is 5.56 Å². The zero-order chi connectivity index (χ0) is 10.1. The number of aromatic amines is 1. The number of nitrogens with one attached hydrogen (secondary N) is 1. The van der Waals surface area contributed by atoms with E-state index < -0.39 is 0 Å². The highest BCUT2D eigenvalue weighted by molar-refractivity contribution is 6.35. The lowest BCUT2D eigenvalue weighted by Crippen LogP contribution is -2.09. The van der Waals surface area contributed by atoms with Crippen molar-refractivity contribution in [1.82, 2.24) is 4.98 Å². The topological polar surface area (TPSA) is 56.6 Å². The molecule has 0 radical (unpaired) electrons. The lowest BCUT2D eigenvalue weighted by atomic mass is 10.2. The maximum atomic E-state index is 11.3. The molecule has 1 aromatic heterocycles. The van der Waals surface area contributed by atoms with E-state index in [0.717, 1.165) is 0 Å². The van der Waals surface area contributed by atoms with Gasteiger partial charge in [0, 0.05) is 15.9 Å². The quantitative estimate of drug-likeness (QED) is 0.714. The van der Waals surface area contributed by atoms with Crippen molar-refractivity contribution < 1.29 is 0 Å². The second kappa shape index (κ2) is 3.17. The van der Waals surface area contributed by atoms with Gasteiger partial charge < -0.3 is 4.98 Å². The summed E-state index contributed by atoms with van der Waals surface area (Å²) in [6.45, 7) is 0. The van der Waals surface area contributed by atoms with Gasteiger partial charge in [0.2, 0.25) is 0 Å². The smallest absolute Gasteiger partial charge is 0.266 e. The van der Waals surface area contributed by atoms with Crippen LogP contribution in [0.2, 0.25) is 5.02 Å². The van der Waals surface area contributed by atoms with E-state index in [9.17, 15) is 4.79 Å². The normalized spacial score (nSPS) is 10.0. The van der Waals surface area contributed by atoms with Crippen LogP contribution in [0, 0.1) is 11.3 Å². The predicted molar refractivity (Wildman–Crippen MR) is 54.3 cm³/mol. The van der Waals surface area contributed by atoms with E-state index in [1.165, 1.54) is 6.07 Å². The Morgan fingerprint density at radius 1 is 1.43 bits per heavy atom. The fourth-order valence-corrected chi connectivity index (χ4v) is 1.50. The van der Waals surface area contributed by atoms with Crippen molar-refractivity contribution in [2.45, 2.75) is 0 Å². The molecule has 1 N–H and O–H groups in total. The summed E-state index contributed by atoms with van der Waals surface area (Å²) in [5, 5.41) is 9.86. The lowest BCUT2D eigenvalue weighted by Gasteiger charge is -1.99. The van der Waals surface area contributed by atoms with Gasteiger partial charge in [-0.15, -0.1) is 0 Å². The zero-order valence-corrected chi connectivity index (χ0v) is 7.80. The Balaban J connectivity index is 2.96. The van der Waals surface area contributed by atoms with Gasteiger partial charge in [0.15, 0.2) is 0 Å². The molecule has 68 valence electrons. The van der Waals surface area contributed by atoms with Crippen LogP contribution in [-0.4, -0.2) is 4.98 Å². The number of hydrogen-bond acceptors (Lipinski definition) is 2. The summed E-state index contributed by atoms with van der Waals surface area (Å²) in [6, 6.07) is 8.50. The maximum Gasteiger partial charge on any atom is 0.266 e. The van der Waals surface area contributed by atoms with Crippen LogP contribution >= 0.6 is 11.6 Å². The summed E-state index contributed by atoms with van der Waals surface area (Å²) in [5.74, 6) is 0. The zero-order valence-electron chi connectivity index (χ0n) is 7.04. The molecule has 4 heteroatoms. The number of fused-ring (bicyclic) bond motifs is 1. The number of H-pyrrole nitrogens is 1. The monoisotopic (exact) mass is 204 g/mol. The van der Waals surface area contributed by atoms with Crippen LogP contribution < -0.4 is 5.56 Å². The summed E-state index contributed by atoms with van der Waals surface area (Å²) in [5.41, 5.74) is 0.328. The predicted octanol–water partition coefficient (Wildman–Crippen LogP) is 2.05. The third-order valence-corrected chi connectivity index (χ3v) is 2.28. The SMILES string of the molecule is N#Cc1cc2c(Cl)cccc2[nH]c1=O. The van der Waals surface area contributed by atoms with E-state index in [1.807, 2.05) is 6.07 Å². The largest absolute Gasteiger partial charge is 0.321 e. The second-order valence-electron chi connectivity index (χ2n) is 2.83. The molecule has 0 atom stereocenters. The fourth-order valence-electron chi connectivity index (χ4n) is 1.28. The van der Waals surface area contributed by atoms with Crippen molar-refractivity contribution in [3.05, 3.63) is 45.2 Å². The van der Waals surface area contributed by atoms with Crippen LogP contribution in [0.3, 0.4) is 0 Å². The van der Waals surface area contributed by atoms with Gasteiger partial charge in [-0.3, -0.25) is 4.79 Å². The molecule has 0 aliphatic rings. The van der Waals surface area contributed by atoms with Gasteiger partial charge in [0.05, 0.1) is 0 Å². The molecule has 14 heavy (non-hydrogen) atoms. The number of pyridine rings is 1. The molecule has 0 unspecified atom stereocenters. The summed E-state index contributed by atoms with van der Waals surface area (Å²) >= 11 is 5.91. The molecule has 0 fully saturated rings. The summed E-state index contributed by atoms with van der Waals surface area (Å²) in [4.78, 5) is 13.8. The highest BCUT2D eigenvalue weighted by atomic mass is 35.5. The van der Waals surface area contributed by atoms with Crippen LogP contribution in [-0.2, 0) is 0 Å². The van der Waals surface area contributed by atoms with Gasteiger partial charge in [-0.25, -0.2) is 0 Å². The van der Waals surface area contributed by atoms with E-state index in [4.69, 9.17) is 16.9 Å². The minimum atomic E-state index is -0.387. The number of hydrogen-bond donors (Lipinski definition) is 1. The van der Waals surface area contributed by atoms with Gasteiger partial charge in [0.1, 0.15) is 11.6 Å². The van der Waals surface area contributed by atoms with E-state index in [1.54, 1.807) is 18.2 Å². The highest BCUT2D eigenvalue weighted by Gasteiger charge is 2.03. The highest BCUT2D eigenvalue weighted by Crippen LogP contribution is 2.20. The van der Waals surface area contributed by atoms with Crippen LogP contribution in [0.4, 0.5) is 0 Å². The van der Waals surface area contributed by atoms with Crippen molar-refractivity contribution in [3.8, 4) is 6.07 Å². The maximum absolute atomic E-state index is 11.3. The number of nitrogens with zero attached hydrogens (tertiary/aromatic N) is 1. The minimum Gasteiger partial charge on any atom is -0.321 e. The molecule has 0 bridgehead atoms. The summed E-state index contributed by atoms with van der Waals surface area (Å²) in [6.07, 6.45) is 0. The molecule has 0 aliphatic carbocycles. The van der Waals surface area contributed by atoms with Crippen molar-refractivity contribution >= 4 is 22.5 Å². The molecular formula is C10H5ClN2O. The average molecular weight is 205 g/mol. The molecular weight excluding hydrogens is 200 g/mol. The number of aromatic nitrogens is 1. The Morgan fingerprint density at radius 2 is 2.21 bits per heavy atom. The Kier molecular flexibility index (Phi) is 1.99. The van der Waals surface area contributed by atoms with E-state index >= 15 is 0 Å². The number of benzene rings is 1.